The molecule has 0 unspecified atom stereocenters. The second-order valence-corrected chi connectivity index (χ2v) is 3.19. The van der Waals surface area contributed by atoms with E-state index in [1.165, 1.54) is 14.0 Å². The van der Waals surface area contributed by atoms with Gasteiger partial charge in [0.1, 0.15) is 6.61 Å². The van der Waals surface area contributed by atoms with Gasteiger partial charge in [0.2, 0.25) is 0 Å². The molecule has 18 heavy (non-hydrogen) atoms. The van der Waals surface area contributed by atoms with Gasteiger partial charge in [0, 0.05) is 12.7 Å². The second-order valence-electron chi connectivity index (χ2n) is 3.19. The molecule has 0 aliphatic rings. The van der Waals surface area contributed by atoms with E-state index in [1.807, 2.05) is 0 Å². The largest absolute Gasteiger partial charge is 0.481 e. The van der Waals surface area contributed by atoms with Crippen LogP contribution in [0.3, 0.4) is 0 Å². The monoisotopic (exact) mass is 262 g/mol. The number of methoxy groups -OCH3 is 1. The predicted molar refractivity (Wildman–Crippen MR) is 62.2 cm³/mol. The molecular formula is C11H18O7. The van der Waals surface area contributed by atoms with E-state index in [-0.39, 0.29) is 25.0 Å². The Morgan fingerprint density at radius 3 is 1.94 bits per heavy atom. The molecule has 0 saturated heterocycles. The van der Waals surface area contributed by atoms with Crippen molar-refractivity contribution >= 4 is 17.9 Å². The molecule has 0 atom stereocenters. The highest BCUT2D eigenvalue weighted by atomic mass is 16.6. The number of ether oxygens (including phenoxy) is 2. The number of rotatable bonds is 7. The summed E-state index contributed by atoms with van der Waals surface area (Å²) >= 11 is 0. The van der Waals surface area contributed by atoms with E-state index >= 15 is 0 Å². The van der Waals surface area contributed by atoms with Crippen molar-refractivity contribution < 1.29 is 34.1 Å². The molecule has 0 aromatic carbocycles. The fourth-order valence-corrected chi connectivity index (χ4v) is 0.520. The summed E-state index contributed by atoms with van der Waals surface area (Å²) in [4.78, 5) is 30.3. The fourth-order valence-electron chi connectivity index (χ4n) is 0.520. The lowest BCUT2D eigenvalue weighted by molar-refractivity contribution is -0.148. The molecule has 0 bridgehead atoms. The quantitative estimate of drug-likeness (QED) is 0.394. The molecule has 0 rings (SSSR count). The van der Waals surface area contributed by atoms with E-state index < -0.39 is 17.9 Å². The van der Waals surface area contributed by atoms with Crippen LogP contribution in [-0.2, 0) is 23.9 Å². The van der Waals surface area contributed by atoms with Gasteiger partial charge in [-0.1, -0.05) is 6.58 Å². The third kappa shape index (κ3) is 16.5. The third-order valence-electron chi connectivity index (χ3n) is 1.46. The summed E-state index contributed by atoms with van der Waals surface area (Å²) in [6.07, 6.45) is -0.273. The molecule has 0 saturated carbocycles. The molecule has 7 nitrogen and oxygen atoms in total. The number of hydrogen-bond donors (Lipinski definition) is 2. The number of aliphatic carboxylic acids is 2. The molecule has 7 heteroatoms. The van der Waals surface area contributed by atoms with Gasteiger partial charge >= 0.3 is 17.9 Å². The minimum Gasteiger partial charge on any atom is -0.481 e. The molecule has 0 heterocycles. The normalized spacial score (nSPS) is 8.78. The summed E-state index contributed by atoms with van der Waals surface area (Å²) in [5.74, 6) is -2.44. The lowest BCUT2D eigenvalue weighted by Crippen LogP contribution is -2.10. The first-order valence-corrected chi connectivity index (χ1v) is 5.06. The van der Waals surface area contributed by atoms with Crippen molar-refractivity contribution in [1.82, 2.24) is 0 Å². The van der Waals surface area contributed by atoms with Gasteiger partial charge in [0.05, 0.1) is 19.4 Å². The maximum absolute atomic E-state index is 10.7. The Bertz CT molecular complexity index is 284. The van der Waals surface area contributed by atoms with Crippen molar-refractivity contribution in [2.75, 3.05) is 20.3 Å². The molecule has 0 aromatic heterocycles. The Kier molecular flexibility index (Phi) is 11.9. The smallest absolute Gasteiger partial charge is 0.330 e. The lowest BCUT2D eigenvalue weighted by Gasteiger charge is -2.01. The van der Waals surface area contributed by atoms with Crippen molar-refractivity contribution in [2.24, 2.45) is 0 Å². The van der Waals surface area contributed by atoms with Gasteiger partial charge in [0.25, 0.3) is 0 Å². The minimum absolute atomic E-state index is 0.0843. The van der Waals surface area contributed by atoms with Crippen LogP contribution in [0.5, 0.6) is 0 Å². The summed E-state index contributed by atoms with van der Waals surface area (Å²) in [5.41, 5.74) is 0.176. The van der Waals surface area contributed by atoms with Gasteiger partial charge < -0.3 is 19.7 Å². The first-order valence-electron chi connectivity index (χ1n) is 5.06. The summed E-state index contributed by atoms with van der Waals surface area (Å²) in [5, 5.41) is 16.1. The molecule has 2 N–H and O–H groups in total. The van der Waals surface area contributed by atoms with E-state index in [2.05, 4.69) is 16.1 Å². The second kappa shape index (κ2) is 11.6. The van der Waals surface area contributed by atoms with E-state index in [0.29, 0.717) is 6.61 Å². The first-order chi connectivity index (χ1) is 8.31. The van der Waals surface area contributed by atoms with Crippen LogP contribution in [0.25, 0.3) is 0 Å². The molecule has 104 valence electrons. The Morgan fingerprint density at radius 2 is 1.61 bits per heavy atom. The molecule has 0 radical (unpaired) electrons. The molecule has 0 aliphatic heterocycles. The average molecular weight is 262 g/mol. The molecule has 0 amide bonds. The number of hydrogen-bond acceptors (Lipinski definition) is 5. The SMILES string of the molecule is C=C(C)C(=O)O.COCCOC(=O)CCC(=O)O. The highest BCUT2D eigenvalue weighted by molar-refractivity contribution is 5.84. The standard InChI is InChI=1S/C7H12O5.C4H6O2/c1-11-4-5-12-7(10)3-2-6(8)9;1-3(2)4(5)6/h2-5H2,1H3,(H,8,9);1H2,2H3,(H,5,6). The Hall–Kier alpha value is -1.89. The summed E-state index contributed by atoms with van der Waals surface area (Å²) < 4.78 is 9.23. The highest BCUT2D eigenvalue weighted by Gasteiger charge is 2.05. The topological polar surface area (TPSA) is 110 Å². The predicted octanol–water partition coefficient (Wildman–Crippen LogP) is 0.688. The first kappa shape index (κ1) is 18.5. The van der Waals surface area contributed by atoms with Crippen molar-refractivity contribution in [3.63, 3.8) is 0 Å². The molecule has 0 spiro atoms. The summed E-state index contributed by atoms with van der Waals surface area (Å²) in [6, 6.07) is 0. The maximum atomic E-state index is 10.7. The zero-order valence-electron chi connectivity index (χ0n) is 10.5. The number of carboxylic acids is 2. The van der Waals surface area contributed by atoms with Gasteiger partial charge in [-0.3, -0.25) is 9.59 Å². The molecule has 0 fully saturated rings. The molecule has 0 aliphatic carbocycles. The van der Waals surface area contributed by atoms with Crippen LogP contribution in [0.1, 0.15) is 19.8 Å². The number of esters is 1. The van der Waals surface area contributed by atoms with Gasteiger partial charge in [-0.25, -0.2) is 4.79 Å². The number of carbonyl (C=O) groups excluding carboxylic acids is 1. The average Bonchev–Trinajstić information content (AvgIpc) is 2.27. The van der Waals surface area contributed by atoms with Crippen LogP contribution in [0.4, 0.5) is 0 Å². The van der Waals surface area contributed by atoms with Crippen LogP contribution >= 0.6 is 0 Å². The summed E-state index contributed by atoms with van der Waals surface area (Å²) in [7, 11) is 1.49. The summed E-state index contributed by atoms with van der Waals surface area (Å²) in [6.45, 7) is 5.11. The third-order valence-corrected chi connectivity index (χ3v) is 1.46. The Labute approximate surface area is 105 Å². The van der Waals surface area contributed by atoms with Crippen molar-refractivity contribution in [3.8, 4) is 0 Å². The fraction of sp³-hybridized carbons (Fsp3) is 0.545. The van der Waals surface area contributed by atoms with Gasteiger partial charge in [-0.2, -0.15) is 0 Å². The van der Waals surface area contributed by atoms with E-state index in [4.69, 9.17) is 10.2 Å². The Morgan fingerprint density at radius 1 is 1.11 bits per heavy atom. The van der Waals surface area contributed by atoms with Crippen LogP contribution in [0.15, 0.2) is 12.2 Å². The van der Waals surface area contributed by atoms with Crippen LogP contribution in [0.2, 0.25) is 0 Å². The maximum Gasteiger partial charge on any atom is 0.330 e. The van der Waals surface area contributed by atoms with E-state index in [0.717, 1.165) is 0 Å². The van der Waals surface area contributed by atoms with Crippen LogP contribution in [0, 0.1) is 0 Å². The van der Waals surface area contributed by atoms with Gasteiger partial charge in [0.15, 0.2) is 0 Å². The molecular weight excluding hydrogens is 244 g/mol. The minimum atomic E-state index is -1.00. The van der Waals surface area contributed by atoms with Gasteiger partial charge in [-0.05, 0) is 6.92 Å². The van der Waals surface area contributed by atoms with E-state index in [9.17, 15) is 14.4 Å². The Balaban J connectivity index is 0. The van der Waals surface area contributed by atoms with Crippen molar-refractivity contribution in [2.45, 2.75) is 19.8 Å². The van der Waals surface area contributed by atoms with Gasteiger partial charge in [-0.15, -0.1) is 0 Å². The zero-order valence-corrected chi connectivity index (χ0v) is 10.5. The zero-order chi connectivity index (χ0) is 14.6. The van der Waals surface area contributed by atoms with E-state index in [1.54, 1.807) is 0 Å². The van der Waals surface area contributed by atoms with Crippen molar-refractivity contribution in [3.05, 3.63) is 12.2 Å². The number of carbonyl (C=O) groups is 3. The molecule has 0 aromatic rings. The van der Waals surface area contributed by atoms with Crippen molar-refractivity contribution in [1.29, 1.82) is 0 Å². The highest BCUT2D eigenvalue weighted by Crippen LogP contribution is 1.92. The van der Waals surface area contributed by atoms with Crippen LogP contribution < -0.4 is 0 Å². The van der Waals surface area contributed by atoms with Crippen LogP contribution in [-0.4, -0.2) is 48.4 Å². The number of carboxylic acid groups (broad SMARTS) is 2. The lowest BCUT2D eigenvalue weighted by atomic mass is 10.3.